The predicted molar refractivity (Wildman–Crippen MR) is 104 cm³/mol. The van der Waals surface area contributed by atoms with Crippen LogP contribution in [0, 0.1) is 6.92 Å². The number of nitrogens with zero attached hydrogens (tertiary/aromatic N) is 2. The van der Waals surface area contributed by atoms with Gasteiger partial charge in [0, 0.05) is 31.4 Å². The highest BCUT2D eigenvalue weighted by atomic mass is 16.7. The lowest BCUT2D eigenvalue weighted by Gasteiger charge is -2.29. The molecule has 28 heavy (non-hydrogen) atoms. The lowest BCUT2D eigenvalue weighted by atomic mass is 10.2. The Labute approximate surface area is 161 Å². The number of imidazole rings is 1. The number of anilines is 1. The van der Waals surface area contributed by atoms with E-state index in [1.165, 1.54) is 25.6 Å². The van der Waals surface area contributed by atoms with Gasteiger partial charge in [0.2, 0.25) is 0 Å². The first-order valence-electron chi connectivity index (χ1n) is 8.80. The molecule has 4 rings (SSSR count). The minimum atomic E-state index is -1.26. The van der Waals surface area contributed by atoms with E-state index in [4.69, 9.17) is 9.47 Å². The molecule has 142 valence electrons. The minimum Gasteiger partial charge on any atom is -0.419 e. The quantitative estimate of drug-likeness (QED) is 0.428. The van der Waals surface area contributed by atoms with Gasteiger partial charge < -0.3 is 14.8 Å². The van der Waals surface area contributed by atoms with E-state index < -0.39 is 17.7 Å². The second-order valence-corrected chi connectivity index (χ2v) is 7.04. The molecule has 0 spiro atoms. The molecule has 0 amide bonds. The van der Waals surface area contributed by atoms with Crippen molar-refractivity contribution < 1.29 is 19.1 Å². The van der Waals surface area contributed by atoms with Gasteiger partial charge in [0.25, 0.3) is 5.79 Å². The van der Waals surface area contributed by atoms with Crippen LogP contribution in [0.5, 0.6) is 0 Å². The third-order valence-corrected chi connectivity index (χ3v) is 4.33. The number of hydrogen-bond acceptors (Lipinski definition) is 6. The van der Waals surface area contributed by atoms with E-state index in [0.717, 1.165) is 16.7 Å². The number of cyclic esters (lactones) is 2. The van der Waals surface area contributed by atoms with E-state index in [9.17, 15) is 9.59 Å². The molecule has 1 fully saturated rings. The highest BCUT2D eigenvalue weighted by Crippen LogP contribution is 2.24. The summed E-state index contributed by atoms with van der Waals surface area (Å²) in [7, 11) is 0. The van der Waals surface area contributed by atoms with Crippen molar-refractivity contribution in [3.05, 3.63) is 66.1 Å². The van der Waals surface area contributed by atoms with Gasteiger partial charge in [0.15, 0.2) is 5.57 Å². The summed E-state index contributed by atoms with van der Waals surface area (Å²) in [6, 6.07) is 13.7. The Kier molecular flexibility index (Phi) is 4.15. The number of rotatable bonds is 3. The molecule has 0 unspecified atom stereocenters. The molecule has 0 atom stereocenters. The summed E-state index contributed by atoms with van der Waals surface area (Å²) in [6.07, 6.45) is 3.05. The van der Waals surface area contributed by atoms with Gasteiger partial charge in [0.05, 0.1) is 11.0 Å². The topological polar surface area (TPSA) is 82.5 Å². The van der Waals surface area contributed by atoms with Gasteiger partial charge in [-0.05, 0) is 42.8 Å². The zero-order chi connectivity index (χ0) is 19.9. The summed E-state index contributed by atoms with van der Waals surface area (Å²) in [5, 5.41) is 2.94. The molecular formula is C21H19N3O4. The minimum absolute atomic E-state index is 0.190. The smallest absolute Gasteiger partial charge is 0.350 e. The van der Waals surface area contributed by atoms with Crippen LogP contribution in [-0.4, -0.2) is 27.3 Å². The third-order valence-electron chi connectivity index (χ3n) is 4.33. The van der Waals surface area contributed by atoms with Gasteiger partial charge >= 0.3 is 11.9 Å². The first-order valence-corrected chi connectivity index (χ1v) is 8.80. The van der Waals surface area contributed by atoms with Crippen molar-refractivity contribution >= 4 is 28.7 Å². The van der Waals surface area contributed by atoms with E-state index in [1.807, 2.05) is 47.9 Å². The lowest BCUT2D eigenvalue weighted by molar-refractivity contribution is -0.222. The van der Waals surface area contributed by atoms with E-state index >= 15 is 0 Å². The number of benzene rings is 2. The number of hydrogen-bond donors (Lipinski definition) is 1. The summed E-state index contributed by atoms with van der Waals surface area (Å²) in [5.41, 5.74) is 4.41. The highest BCUT2D eigenvalue weighted by molar-refractivity contribution is 6.15. The number of carbonyl (C=O) groups excluding carboxylic acids is 2. The molecule has 3 aromatic rings. The fraction of sp³-hybridized carbons (Fsp3) is 0.190. The van der Waals surface area contributed by atoms with Gasteiger partial charge in [-0.25, -0.2) is 14.6 Å². The van der Waals surface area contributed by atoms with Crippen LogP contribution in [0.3, 0.4) is 0 Å². The summed E-state index contributed by atoms with van der Waals surface area (Å²) in [5.74, 6) is -2.70. The first-order chi connectivity index (χ1) is 13.3. The van der Waals surface area contributed by atoms with E-state index in [0.29, 0.717) is 5.69 Å². The molecule has 7 nitrogen and oxygen atoms in total. The van der Waals surface area contributed by atoms with Gasteiger partial charge in [-0.15, -0.1) is 0 Å². The van der Waals surface area contributed by atoms with Crippen LogP contribution in [-0.2, 0) is 19.1 Å². The van der Waals surface area contributed by atoms with Gasteiger partial charge in [-0.2, -0.15) is 0 Å². The maximum atomic E-state index is 12.0. The van der Waals surface area contributed by atoms with Crippen LogP contribution in [0.1, 0.15) is 19.4 Å². The van der Waals surface area contributed by atoms with E-state index in [1.54, 1.807) is 6.33 Å². The molecule has 0 saturated carbocycles. The number of ether oxygens (including phenoxy) is 2. The summed E-state index contributed by atoms with van der Waals surface area (Å²) in [4.78, 5) is 28.4. The molecule has 1 N–H and O–H groups in total. The van der Waals surface area contributed by atoms with E-state index in [2.05, 4.69) is 16.4 Å². The summed E-state index contributed by atoms with van der Waals surface area (Å²) < 4.78 is 12.1. The zero-order valence-electron chi connectivity index (χ0n) is 15.7. The molecule has 1 aromatic heterocycles. The fourth-order valence-corrected chi connectivity index (χ4v) is 3.02. The van der Waals surface area contributed by atoms with Gasteiger partial charge in [-0.3, -0.25) is 4.57 Å². The molecule has 1 aliphatic heterocycles. The number of aromatic nitrogens is 2. The van der Waals surface area contributed by atoms with Crippen LogP contribution in [0.4, 0.5) is 5.69 Å². The predicted octanol–water partition coefficient (Wildman–Crippen LogP) is 3.47. The second-order valence-electron chi connectivity index (χ2n) is 7.04. The monoisotopic (exact) mass is 377 g/mol. The summed E-state index contributed by atoms with van der Waals surface area (Å²) >= 11 is 0. The lowest BCUT2D eigenvalue weighted by Crippen LogP contribution is -2.42. The van der Waals surface area contributed by atoms with Gasteiger partial charge in [0.1, 0.15) is 6.33 Å². The molecular weight excluding hydrogens is 358 g/mol. The van der Waals surface area contributed by atoms with Crippen LogP contribution >= 0.6 is 0 Å². The average Bonchev–Trinajstić information content (AvgIpc) is 3.03. The van der Waals surface area contributed by atoms with Crippen LogP contribution in [0.15, 0.2) is 60.6 Å². The van der Waals surface area contributed by atoms with Crippen molar-refractivity contribution in [3.63, 3.8) is 0 Å². The Hall–Kier alpha value is -3.61. The molecule has 0 bridgehead atoms. The Morgan fingerprint density at radius 2 is 1.82 bits per heavy atom. The van der Waals surface area contributed by atoms with Crippen molar-refractivity contribution in [1.29, 1.82) is 0 Å². The van der Waals surface area contributed by atoms with Crippen molar-refractivity contribution in [1.82, 2.24) is 9.55 Å². The number of nitrogens with one attached hydrogen (secondary N) is 1. The molecule has 1 saturated heterocycles. The largest absolute Gasteiger partial charge is 0.419 e. The van der Waals surface area contributed by atoms with Gasteiger partial charge in [-0.1, -0.05) is 12.1 Å². The molecule has 0 radical (unpaired) electrons. The number of aryl methyl sites for hydroxylation is 1. The third kappa shape index (κ3) is 3.34. The summed E-state index contributed by atoms with van der Waals surface area (Å²) in [6.45, 7) is 5.05. The normalized spacial score (nSPS) is 15.9. The van der Waals surface area contributed by atoms with Crippen molar-refractivity contribution in [3.8, 4) is 5.69 Å². The molecule has 2 aromatic carbocycles. The first kappa shape index (κ1) is 17.8. The fourth-order valence-electron chi connectivity index (χ4n) is 3.02. The van der Waals surface area contributed by atoms with E-state index in [-0.39, 0.29) is 5.57 Å². The maximum absolute atomic E-state index is 12.0. The number of carbonyl (C=O) groups is 2. The average molecular weight is 377 g/mol. The Morgan fingerprint density at radius 3 is 2.54 bits per heavy atom. The van der Waals surface area contributed by atoms with Crippen molar-refractivity contribution in [2.75, 3.05) is 5.32 Å². The number of esters is 2. The Morgan fingerprint density at radius 1 is 1.07 bits per heavy atom. The van der Waals surface area contributed by atoms with Crippen LogP contribution in [0.2, 0.25) is 0 Å². The maximum Gasteiger partial charge on any atom is 0.350 e. The molecule has 2 heterocycles. The number of fused-ring (bicyclic) bond motifs is 1. The molecule has 7 heteroatoms. The SMILES string of the molecule is Cc1cccc(-n2cnc3cc(NC=C4C(=O)OC(C)(C)OC4=O)ccc32)c1. The molecule has 1 aliphatic rings. The second kappa shape index (κ2) is 6.53. The molecule has 0 aliphatic carbocycles. The van der Waals surface area contributed by atoms with Crippen molar-refractivity contribution in [2.24, 2.45) is 0 Å². The van der Waals surface area contributed by atoms with Crippen LogP contribution in [0.25, 0.3) is 16.7 Å². The van der Waals surface area contributed by atoms with Crippen LogP contribution < -0.4 is 5.32 Å². The highest BCUT2D eigenvalue weighted by Gasteiger charge is 2.38. The standard InChI is InChI=1S/C21H19N3O4/c1-13-5-4-6-15(9-13)24-12-23-17-10-14(7-8-18(17)24)22-11-16-19(25)27-21(2,3)28-20(16)26/h4-12,22H,1-3H3. The van der Waals surface area contributed by atoms with Crippen molar-refractivity contribution in [2.45, 2.75) is 26.6 Å². The zero-order valence-corrected chi connectivity index (χ0v) is 15.7. The Bertz CT molecular complexity index is 1110. The Balaban J connectivity index is 1.60.